The molecule has 210 valence electrons. The van der Waals surface area contributed by atoms with Crippen molar-refractivity contribution < 1.29 is 29.5 Å². The molecule has 0 aliphatic carbocycles. The van der Waals surface area contributed by atoms with Crippen LogP contribution in [0.4, 0.5) is 5.69 Å². The summed E-state index contributed by atoms with van der Waals surface area (Å²) in [4.78, 5) is 41.1. The molecule has 39 heavy (non-hydrogen) atoms. The normalized spacial score (nSPS) is 16.7. The third-order valence-corrected chi connectivity index (χ3v) is 6.92. The van der Waals surface area contributed by atoms with Crippen molar-refractivity contribution in [1.82, 2.24) is 9.80 Å². The molecule has 0 radical (unpaired) electrons. The second-order valence-corrected chi connectivity index (χ2v) is 9.63. The Balaban J connectivity index is 2.01. The smallest absolute Gasteiger partial charge is 0.295 e. The van der Waals surface area contributed by atoms with E-state index in [9.17, 15) is 29.9 Å². The molecule has 1 aliphatic rings. The zero-order valence-electron chi connectivity index (χ0n) is 22.8. The topological polar surface area (TPSA) is 133 Å². The molecule has 0 spiro atoms. The molecule has 1 saturated heterocycles. The van der Waals surface area contributed by atoms with Crippen molar-refractivity contribution in [3.63, 3.8) is 0 Å². The minimum Gasteiger partial charge on any atom is -0.507 e. The SMILES string of the molecule is CCCCN(CCCC)CCCN1C(=O)C(=O)/C(=C(\O)c2cccc([N+](=O)[O-])c2)C1c1ccc(O)c(OC)c1. The molecule has 1 aliphatic heterocycles. The zero-order chi connectivity index (χ0) is 28.5. The number of ketones is 1. The summed E-state index contributed by atoms with van der Waals surface area (Å²) in [5, 5.41) is 32.6. The van der Waals surface area contributed by atoms with Gasteiger partial charge in [0.05, 0.1) is 23.6 Å². The highest BCUT2D eigenvalue weighted by Gasteiger charge is 2.46. The highest BCUT2D eigenvalue weighted by Crippen LogP contribution is 2.42. The van der Waals surface area contributed by atoms with Gasteiger partial charge in [-0.1, -0.05) is 44.9 Å². The van der Waals surface area contributed by atoms with Crippen LogP contribution in [0.3, 0.4) is 0 Å². The van der Waals surface area contributed by atoms with Crippen molar-refractivity contribution in [2.75, 3.05) is 33.3 Å². The summed E-state index contributed by atoms with van der Waals surface area (Å²) in [6.07, 6.45) is 4.92. The number of hydrogen-bond acceptors (Lipinski definition) is 8. The van der Waals surface area contributed by atoms with E-state index in [1.54, 1.807) is 6.07 Å². The fraction of sp³-hybridized carbons (Fsp3) is 0.448. The van der Waals surface area contributed by atoms with Crippen LogP contribution in [0.15, 0.2) is 48.0 Å². The van der Waals surface area contributed by atoms with Crippen LogP contribution < -0.4 is 4.74 Å². The van der Waals surface area contributed by atoms with Crippen molar-refractivity contribution in [3.05, 3.63) is 69.3 Å². The highest BCUT2D eigenvalue weighted by molar-refractivity contribution is 6.46. The summed E-state index contributed by atoms with van der Waals surface area (Å²) in [7, 11) is 1.39. The molecular formula is C29H37N3O7. The van der Waals surface area contributed by atoms with Crippen molar-refractivity contribution in [2.45, 2.75) is 52.0 Å². The van der Waals surface area contributed by atoms with Crippen LogP contribution in [0.5, 0.6) is 11.5 Å². The van der Waals surface area contributed by atoms with E-state index in [4.69, 9.17) is 4.74 Å². The van der Waals surface area contributed by atoms with Gasteiger partial charge in [0.15, 0.2) is 11.5 Å². The Kier molecular flexibility index (Phi) is 10.4. The Hall–Kier alpha value is -3.92. The molecule has 10 heteroatoms. The summed E-state index contributed by atoms with van der Waals surface area (Å²) in [6.45, 7) is 7.22. The number of aliphatic hydroxyl groups is 1. The fourth-order valence-electron chi connectivity index (χ4n) is 4.81. The maximum absolute atomic E-state index is 13.3. The lowest BCUT2D eigenvalue weighted by molar-refractivity contribution is -0.384. The molecule has 1 fully saturated rings. The number of methoxy groups -OCH3 is 1. The van der Waals surface area contributed by atoms with Crippen molar-refractivity contribution in [1.29, 1.82) is 0 Å². The van der Waals surface area contributed by atoms with Crippen LogP contribution >= 0.6 is 0 Å². The Morgan fingerprint density at radius 3 is 2.33 bits per heavy atom. The number of benzene rings is 2. The third kappa shape index (κ3) is 6.94. The standard InChI is InChI=1S/C29H37N3O7/c1-4-6-14-30(15-7-5-2)16-9-17-31-26(20-12-13-23(33)24(19-20)39-3)25(28(35)29(31)36)27(34)21-10-8-11-22(18-21)32(37)38/h8,10-13,18-19,26,33-34H,4-7,9,14-17H2,1-3H3/b27-25-. The predicted molar refractivity (Wildman–Crippen MR) is 148 cm³/mol. The number of nitro groups is 1. The Morgan fingerprint density at radius 1 is 1.05 bits per heavy atom. The maximum atomic E-state index is 13.3. The number of hydrogen-bond donors (Lipinski definition) is 2. The van der Waals surface area contributed by atoms with Gasteiger partial charge in [-0.15, -0.1) is 0 Å². The number of nitrogens with zero attached hydrogens (tertiary/aromatic N) is 3. The number of phenols is 1. The van der Waals surface area contributed by atoms with Crippen LogP contribution in [0.2, 0.25) is 0 Å². The number of non-ortho nitro benzene ring substituents is 1. The van der Waals surface area contributed by atoms with E-state index in [-0.39, 0.29) is 34.9 Å². The Labute approximate surface area is 228 Å². The van der Waals surface area contributed by atoms with Gasteiger partial charge in [0.2, 0.25) is 0 Å². The van der Waals surface area contributed by atoms with Crippen molar-refractivity contribution in [3.8, 4) is 11.5 Å². The minimum absolute atomic E-state index is 0.0586. The number of unbranched alkanes of at least 4 members (excludes halogenated alkanes) is 2. The maximum Gasteiger partial charge on any atom is 0.295 e. The van der Waals surface area contributed by atoms with E-state index in [1.165, 1.54) is 42.3 Å². The van der Waals surface area contributed by atoms with Crippen molar-refractivity contribution >= 4 is 23.1 Å². The molecule has 1 unspecified atom stereocenters. The van der Waals surface area contributed by atoms with Gasteiger partial charge in [-0.2, -0.15) is 0 Å². The Morgan fingerprint density at radius 2 is 1.72 bits per heavy atom. The second-order valence-electron chi connectivity index (χ2n) is 9.63. The van der Waals surface area contributed by atoms with Gasteiger partial charge < -0.3 is 24.7 Å². The number of Topliss-reactive ketones (excluding diaryl/α,β-unsaturated/α-hetero) is 1. The summed E-state index contributed by atoms with van der Waals surface area (Å²) < 4.78 is 5.25. The summed E-state index contributed by atoms with van der Waals surface area (Å²) >= 11 is 0. The van der Waals surface area contributed by atoms with E-state index in [0.29, 0.717) is 12.0 Å². The number of aromatic hydroxyl groups is 1. The average Bonchev–Trinajstić information content (AvgIpc) is 3.19. The molecule has 0 aromatic heterocycles. The van der Waals surface area contributed by atoms with Crippen LogP contribution in [-0.4, -0.2) is 69.9 Å². The first-order valence-corrected chi connectivity index (χ1v) is 13.4. The molecular weight excluding hydrogens is 502 g/mol. The van der Waals surface area contributed by atoms with Gasteiger partial charge in [0.1, 0.15) is 5.76 Å². The first-order chi connectivity index (χ1) is 18.7. The van der Waals surface area contributed by atoms with Crippen LogP contribution in [0, 0.1) is 10.1 Å². The number of carbonyl (C=O) groups is 2. The molecule has 1 heterocycles. The van der Waals surface area contributed by atoms with Gasteiger partial charge in [-0.3, -0.25) is 19.7 Å². The largest absolute Gasteiger partial charge is 0.507 e. The summed E-state index contributed by atoms with van der Waals surface area (Å²) in [5.41, 5.74) is 0.102. The second kappa shape index (κ2) is 13.7. The molecule has 10 nitrogen and oxygen atoms in total. The lowest BCUT2D eigenvalue weighted by Gasteiger charge is -2.27. The van der Waals surface area contributed by atoms with E-state index in [0.717, 1.165) is 51.4 Å². The lowest BCUT2D eigenvalue weighted by Crippen LogP contribution is -2.34. The van der Waals surface area contributed by atoms with E-state index in [1.807, 2.05) is 0 Å². The van der Waals surface area contributed by atoms with Gasteiger partial charge in [-0.25, -0.2) is 0 Å². The van der Waals surface area contributed by atoms with Gasteiger partial charge >= 0.3 is 0 Å². The van der Waals surface area contributed by atoms with E-state index >= 15 is 0 Å². The number of amides is 1. The van der Waals surface area contributed by atoms with Gasteiger partial charge in [0, 0.05) is 24.2 Å². The zero-order valence-corrected chi connectivity index (χ0v) is 22.8. The number of aliphatic hydroxyl groups excluding tert-OH is 1. The monoisotopic (exact) mass is 539 g/mol. The minimum atomic E-state index is -0.960. The molecule has 3 rings (SSSR count). The molecule has 2 N–H and O–H groups in total. The van der Waals surface area contributed by atoms with Gasteiger partial charge in [0.25, 0.3) is 17.4 Å². The first-order valence-electron chi connectivity index (χ1n) is 13.4. The number of phenolic OH excluding ortho intramolecular Hbond substituents is 1. The highest BCUT2D eigenvalue weighted by atomic mass is 16.6. The van der Waals surface area contributed by atoms with Crippen LogP contribution in [0.1, 0.15) is 63.1 Å². The molecule has 0 saturated carbocycles. The van der Waals surface area contributed by atoms with Crippen LogP contribution in [-0.2, 0) is 9.59 Å². The number of likely N-dealkylation sites (tertiary alicyclic amines) is 1. The lowest BCUT2D eigenvalue weighted by atomic mass is 9.94. The summed E-state index contributed by atoms with van der Waals surface area (Å²) in [6, 6.07) is 8.83. The molecule has 2 aromatic carbocycles. The number of nitro benzene ring substituents is 1. The van der Waals surface area contributed by atoms with Crippen LogP contribution in [0.25, 0.3) is 5.76 Å². The first kappa shape index (κ1) is 29.6. The average molecular weight is 540 g/mol. The Bertz CT molecular complexity index is 1220. The number of ether oxygens (including phenoxy) is 1. The van der Waals surface area contributed by atoms with E-state index < -0.39 is 28.4 Å². The third-order valence-electron chi connectivity index (χ3n) is 6.92. The molecule has 0 bridgehead atoms. The predicted octanol–water partition coefficient (Wildman–Crippen LogP) is 5.02. The van der Waals surface area contributed by atoms with Gasteiger partial charge in [-0.05, 0) is 56.6 Å². The fourth-order valence-corrected chi connectivity index (χ4v) is 4.81. The molecule has 1 atom stereocenters. The van der Waals surface area contributed by atoms with Crippen molar-refractivity contribution in [2.24, 2.45) is 0 Å². The quantitative estimate of drug-likeness (QED) is 0.112. The van der Waals surface area contributed by atoms with E-state index in [2.05, 4.69) is 18.7 Å². The molecule has 2 aromatic rings. The summed E-state index contributed by atoms with van der Waals surface area (Å²) in [5.74, 6) is -2.08. The number of rotatable bonds is 14. The number of carbonyl (C=O) groups excluding carboxylic acids is 2. The molecule has 1 amide bonds.